The molecule has 0 unspecified atom stereocenters. The van der Waals surface area contributed by atoms with E-state index in [9.17, 15) is 4.79 Å². The van der Waals surface area contributed by atoms with Crippen molar-refractivity contribution in [3.8, 4) is 0 Å². The molecule has 23 heavy (non-hydrogen) atoms. The van der Waals surface area contributed by atoms with E-state index in [0.29, 0.717) is 6.54 Å². The summed E-state index contributed by atoms with van der Waals surface area (Å²) in [6.45, 7) is 12.7. The minimum absolute atomic E-state index is 0.0245. The van der Waals surface area contributed by atoms with E-state index >= 15 is 0 Å². The number of carbonyl (C=O) groups excluding carboxylic acids is 1. The molecule has 1 aromatic carbocycles. The Kier molecular flexibility index (Phi) is 5.43. The maximum Gasteiger partial charge on any atom is 0.268 e. The number of benzene rings is 1. The van der Waals surface area contributed by atoms with Gasteiger partial charge in [-0.25, -0.2) is 0 Å². The first-order valence-corrected chi connectivity index (χ1v) is 8.16. The van der Waals surface area contributed by atoms with Crippen LogP contribution in [0, 0.1) is 13.8 Å². The summed E-state index contributed by atoms with van der Waals surface area (Å²) in [5.41, 5.74) is 5.34. The van der Waals surface area contributed by atoms with Crippen LogP contribution in [0.15, 0.2) is 43.0 Å². The Labute approximate surface area is 139 Å². The van der Waals surface area contributed by atoms with Gasteiger partial charge in [0.05, 0.1) is 6.04 Å². The Balaban J connectivity index is 2.33. The zero-order valence-corrected chi connectivity index (χ0v) is 14.5. The molecule has 3 heteroatoms. The zero-order chi connectivity index (χ0) is 17.0. The summed E-state index contributed by atoms with van der Waals surface area (Å²) in [4.78, 5) is 12.9. The van der Waals surface area contributed by atoms with Crippen LogP contribution in [0.1, 0.15) is 52.8 Å². The van der Waals surface area contributed by atoms with E-state index < -0.39 is 0 Å². The normalized spacial score (nSPS) is 12.0. The molecule has 0 saturated carbocycles. The van der Waals surface area contributed by atoms with E-state index in [1.165, 1.54) is 5.56 Å². The molecule has 0 spiro atoms. The molecule has 0 aliphatic rings. The predicted molar refractivity (Wildman–Crippen MR) is 95.8 cm³/mol. The molecule has 3 nitrogen and oxygen atoms in total. The summed E-state index contributed by atoms with van der Waals surface area (Å²) in [5.74, 6) is -0.0245. The van der Waals surface area contributed by atoms with Gasteiger partial charge in [0, 0.05) is 12.2 Å². The molecule has 1 N–H and O–H groups in total. The van der Waals surface area contributed by atoms with Crippen LogP contribution in [0.4, 0.5) is 0 Å². The van der Waals surface area contributed by atoms with Gasteiger partial charge >= 0.3 is 0 Å². The molecule has 1 atom stereocenters. The van der Waals surface area contributed by atoms with Gasteiger partial charge in [-0.2, -0.15) is 0 Å². The lowest BCUT2D eigenvalue weighted by molar-refractivity contribution is 0.0930. The van der Waals surface area contributed by atoms with Crippen molar-refractivity contribution in [1.82, 2.24) is 9.88 Å². The highest BCUT2D eigenvalue weighted by molar-refractivity contribution is 5.95. The fourth-order valence-electron chi connectivity index (χ4n) is 3.21. The molecule has 1 aromatic heterocycles. The predicted octanol–water partition coefficient (Wildman–Crippen LogP) is 4.34. The number of nitrogens with one attached hydrogen (secondary N) is 1. The highest BCUT2D eigenvalue weighted by Crippen LogP contribution is 2.24. The molecule has 2 rings (SSSR count). The molecule has 1 heterocycles. The molecule has 0 bridgehead atoms. The average molecular weight is 310 g/mol. The van der Waals surface area contributed by atoms with Crippen molar-refractivity contribution in [2.45, 2.75) is 46.7 Å². The van der Waals surface area contributed by atoms with Crippen molar-refractivity contribution in [1.29, 1.82) is 0 Å². The number of carbonyl (C=O) groups is 1. The first-order chi connectivity index (χ1) is 11.0. The van der Waals surface area contributed by atoms with Gasteiger partial charge in [-0.3, -0.25) is 4.79 Å². The van der Waals surface area contributed by atoms with Gasteiger partial charge in [-0.05, 0) is 43.9 Å². The quantitative estimate of drug-likeness (QED) is 0.791. The molecule has 2 aromatic rings. The average Bonchev–Trinajstić information content (AvgIpc) is 2.78. The molecule has 122 valence electrons. The molecule has 1 amide bonds. The summed E-state index contributed by atoms with van der Waals surface area (Å²) in [7, 11) is 0. The van der Waals surface area contributed by atoms with Crippen LogP contribution in [-0.4, -0.2) is 10.5 Å². The first kappa shape index (κ1) is 17.1. The number of rotatable bonds is 6. The fourth-order valence-corrected chi connectivity index (χ4v) is 3.21. The van der Waals surface area contributed by atoms with Crippen LogP contribution >= 0.6 is 0 Å². The fraction of sp³-hybridized carbons (Fsp3) is 0.350. The summed E-state index contributed by atoms with van der Waals surface area (Å²) in [6, 6.07) is 9.99. The largest absolute Gasteiger partial charge is 0.344 e. The van der Waals surface area contributed by atoms with Crippen molar-refractivity contribution in [2.75, 3.05) is 0 Å². The maximum atomic E-state index is 12.9. The minimum atomic E-state index is -0.0273. The van der Waals surface area contributed by atoms with Gasteiger partial charge < -0.3 is 9.88 Å². The number of hydrogen-bond acceptors (Lipinski definition) is 1. The highest BCUT2D eigenvalue weighted by Gasteiger charge is 2.22. The lowest BCUT2D eigenvalue weighted by Crippen LogP contribution is -2.29. The van der Waals surface area contributed by atoms with E-state index in [1.807, 2.05) is 50.3 Å². The van der Waals surface area contributed by atoms with Gasteiger partial charge in [0.2, 0.25) is 0 Å². The van der Waals surface area contributed by atoms with Crippen LogP contribution in [0.25, 0.3) is 0 Å². The van der Waals surface area contributed by atoms with Crippen LogP contribution in [0.2, 0.25) is 0 Å². The third-order valence-electron chi connectivity index (χ3n) is 4.45. The molecule has 0 aliphatic carbocycles. The molecule has 0 radical (unpaired) electrons. The van der Waals surface area contributed by atoms with Gasteiger partial charge in [0.1, 0.15) is 5.69 Å². The van der Waals surface area contributed by atoms with Crippen LogP contribution in [0.3, 0.4) is 0 Å². The van der Waals surface area contributed by atoms with Gasteiger partial charge in [0.25, 0.3) is 5.91 Å². The Hall–Kier alpha value is -2.29. The standard InChI is InChI=1S/C20H26N2O/c1-6-13-22-16(5)18(7-2)14(3)19(22)20(23)21-15(4)17-11-9-8-10-12-17/h6,8-12,15H,1,7,13H2,2-5H3,(H,21,23)/t15-/m1/s1. The monoisotopic (exact) mass is 310 g/mol. The first-order valence-electron chi connectivity index (χ1n) is 8.16. The van der Waals surface area contributed by atoms with Crippen molar-refractivity contribution in [2.24, 2.45) is 0 Å². The third-order valence-corrected chi connectivity index (χ3v) is 4.45. The Morgan fingerprint density at radius 1 is 1.30 bits per heavy atom. The van der Waals surface area contributed by atoms with Crippen molar-refractivity contribution < 1.29 is 4.79 Å². The molecule has 0 saturated heterocycles. The van der Waals surface area contributed by atoms with Gasteiger partial charge in [-0.1, -0.05) is 43.3 Å². The number of nitrogens with zero attached hydrogens (tertiary/aromatic N) is 1. The van der Waals surface area contributed by atoms with Crippen LogP contribution in [-0.2, 0) is 13.0 Å². The second kappa shape index (κ2) is 7.32. The van der Waals surface area contributed by atoms with Crippen molar-refractivity contribution >= 4 is 5.91 Å². The highest BCUT2D eigenvalue weighted by atomic mass is 16.2. The Morgan fingerprint density at radius 2 is 1.96 bits per heavy atom. The second-order valence-corrected chi connectivity index (χ2v) is 5.90. The zero-order valence-electron chi connectivity index (χ0n) is 14.5. The molecule has 0 aliphatic heterocycles. The van der Waals surface area contributed by atoms with Crippen LogP contribution in [0.5, 0.6) is 0 Å². The molecular formula is C20H26N2O. The number of aromatic nitrogens is 1. The van der Waals surface area contributed by atoms with Crippen molar-refractivity contribution in [3.63, 3.8) is 0 Å². The van der Waals surface area contributed by atoms with E-state index in [2.05, 4.69) is 30.3 Å². The van der Waals surface area contributed by atoms with E-state index in [4.69, 9.17) is 0 Å². The Bertz CT molecular complexity index is 698. The topological polar surface area (TPSA) is 34.0 Å². The van der Waals surface area contributed by atoms with Gasteiger partial charge in [0.15, 0.2) is 0 Å². The Morgan fingerprint density at radius 3 is 2.52 bits per heavy atom. The smallest absolute Gasteiger partial charge is 0.268 e. The SMILES string of the molecule is C=CCn1c(C)c(CC)c(C)c1C(=O)N[C@H](C)c1ccccc1. The van der Waals surface area contributed by atoms with Crippen LogP contribution < -0.4 is 5.32 Å². The lowest BCUT2D eigenvalue weighted by Gasteiger charge is -2.16. The minimum Gasteiger partial charge on any atom is -0.344 e. The maximum absolute atomic E-state index is 12.9. The summed E-state index contributed by atoms with van der Waals surface area (Å²) < 4.78 is 2.06. The van der Waals surface area contributed by atoms with E-state index in [-0.39, 0.29) is 11.9 Å². The second-order valence-electron chi connectivity index (χ2n) is 5.90. The van der Waals surface area contributed by atoms with E-state index in [1.54, 1.807) is 0 Å². The van der Waals surface area contributed by atoms with Gasteiger partial charge in [-0.15, -0.1) is 6.58 Å². The number of allylic oxidation sites excluding steroid dienone is 1. The van der Waals surface area contributed by atoms with E-state index in [0.717, 1.165) is 28.9 Å². The molecular weight excluding hydrogens is 284 g/mol. The summed E-state index contributed by atoms with van der Waals surface area (Å²) >= 11 is 0. The van der Waals surface area contributed by atoms with Crippen molar-refractivity contribution in [3.05, 3.63) is 71.1 Å². The summed E-state index contributed by atoms with van der Waals surface area (Å²) in [5, 5.41) is 3.12. The summed E-state index contributed by atoms with van der Waals surface area (Å²) in [6.07, 6.45) is 2.76. The lowest BCUT2D eigenvalue weighted by atomic mass is 10.1. The number of amides is 1. The third kappa shape index (κ3) is 3.39. The number of hydrogen-bond donors (Lipinski definition) is 1. The molecule has 0 fully saturated rings.